The summed E-state index contributed by atoms with van der Waals surface area (Å²) in [4.78, 5) is 3.81. The van der Waals surface area contributed by atoms with Crippen LogP contribution < -0.4 is 5.73 Å². The summed E-state index contributed by atoms with van der Waals surface area (Å²) in [6, 6.07) is 1.74. The Balaban J connectivity index is 3.09. The highest BCUT2D eigenvalue weighted by molar-refractivity contribution is 9.08. The van der Waals surface area contributed by atoms with E-state index in [1.807, 2.05) is 0 Å². The van der Waals surface area contributed by atoms with Crippen LogP contribution in [0.1, 0.15) is 5.56 Å². The van der Waals surface area contributed by atoms with Crippen LogP contribution in [-0.2, 0) is 5.33 Å². The number of nitrogens with two attached hydrogens (primary N) is 1. The highest BCUT2D eigenvalue weighted by Crippen LogP contribution is 2.16. The fourth-order valence-corrected chi connectivity index (χ4v) is 1.26. The van der Waals surface area contributed by atoms with Gasteiger partial charge in [-0.2, -0.15) is 0 Å². The van der Waals surface area contributed by atoms with Gasteiger partial charge in [0.25, 0.3) is 0 Å². The summed E-state index contributed by atoms with van der Waals surface area (Å²) in [5.74, 6) is 0. The number of halogens is 2. The third-order valence-corrected chi connectivity index (χ3v) is 1.95. The Kier molecular flexibility index (Phi) is 2.51. The number of nitrogens with zero attached hydrogens (tertiary/aromatic N) is 1. The van der Waals surface area contributed by atoms with Gasteiger partial charge in [0.1, 0.15) is 5.15 Å². The van der Waals surface area contributed by atoms with Crippen molar-refractivity contribution in [3.8, 4) is 0 Å². The Morgan fingerprint density at radius 1 is 1.70 bits per heavy atom. The smallest absolute Gasteiger partial charge is 0.129 e. The van der Waals surface area contributed by atoms with Crippen LogP contribution in [0.5, 0.6) is 0 Å². The first-order valence-corrected chi connectivity index (χ1v) is 4.20. The Morgan fingerprint density at radius 2 is 2.40 bits per heavy atom. The average molecular weight is 221 g/mol. The van der Waals surface area contributed by atoms with Crippen LogP contribution in [-0.4, -0.2) is 4.98 Å². The summed E-state index contributed by atoms with van der Waals surface area (Å²) in [5, 5.41) is 1.19. The van der Waals surface area contributed by atoms with E-state index in [0.29, 0.717) is 16.2 Å². The molecular formula is C6H6BrClN2. The minimum Gasteiger partial charge on any atom is -0.397 e. The summed E-state index contributed by atoms with van der Waals surface area (Å²) in [7, 11) is 0. The van der Waals surface area contributed by atoms with E-state index in [1.165, 1.54) is 0 Å². The second kappa shape index (κ2) is 3.21. The van der Waals surface area contributed by atoms with E-state index >= 15 is 0 Å². The number of alkyl halides is 1. The van der Waals surface area contributed by atoms with Crippen LogP contribution in [0.4, 0.5) is 5.69 Å². The van der Waals surface area contributed by atoms with E-state index in [9.17, 15) is 0 Å². The Labute approximate surface area is 72.5 Å². The molecule has 0 amide bonds. The van der Waals surface area contributed by atoms with Gasteiger partial charge in [0.2, 0.25) is 0 Å². The monoisotopic (exact) mass is 220 g/mol. The lowest BCUT2D eigenvalue weighted by molar-refractivity contribution is 1.28. The van der Waals surface area contributed by atoms with Crippen LogP contribution >= 0.6 is 27.5 Å². The quantitative estimate of drug-likeness (QED) is 0.583. The first-order chi connectivity index (χ1) is 4.74. The standard InChI is InChI=1S/C6H6BrClN2/c7-2-4-1-6(8)10-3-5(4)9/h1,3H,2,9H2. The van der Waals surface area contributed by atoms with Gasteiger partial charge in [0, 0.05) is 5.33 Å². The number of nitrogen functional groups attached to an aromatic ring is 1. The molecule has 0 bridgehead atoms. The molecule has 0 aromatic carbocycles. The second-order valence-electron chi connectivity index (χ2n) is 1.84. The lowest BCUT2D eigenvalue weighted by Crippen LogP contribution is -1.92. The van der Waals surface area contributed by atoms with Crippen LogP contribution in [0.25, 0.3) is 0 Å². The SMILES string of the molecule is Nc1cnc(Cl)cc1CBr. The van der Waals surface area contributed by atoms with Gasteiger partial charge < -0.3 is 5.73 Å². The predicted molar refractivity (Wildman–Crippen MR) is 46.3 cm³/mol. The molecule has 1 heterocycles. The molecule has 1 rings (SSSR count). The minimum atomic E-state index is 0.476. The van der Waals surface area contributed by atoms with Crippen molar-refractivity contribution in [2.45, 2.75) is 5.33 Å². The molecule has 54 valence electrons. The maximum atomic E-state index is 5.61. The molecule has 0 aliphatic rings. The van der Waals surface area contributed by atoms with Crippen LogP contribution in [0.3, 0.4) is 0 Å². The van der Waals surface area contributed by atoms with Gasteiger partial charge in [-0.05, 0) is 11.6 Å². The normalized spacial score (nSPS) is 9.80. The Morgan fingerprint density at radius 3 is 2.90 bits per heavy atom. The van der Waals surface area contributed by atoms with Gasteiger partial charge in [-0.1, -0.05) is 27.5 Å². The molecule has 0 atom stereocenters. The summed E-state index contributed by atoms with van der Waals surface area (Å²) >= 11 is 8.88. The summed E-state index contributed by atoms with van der Waals surface area (Å²) in [6.07, 6.45) is 1.55. The lowest BCUT2D eigenvalue weighted by atomic mass is 10.3. The molecule has 1 aromatic heterocycles. The Hall–Kier alpha value is -0.280. The fraction of sp³-hybridized carbons (Fsp3) is 0.167. The van der Waals surface area contributed by atoms with Crippen molar-refractivity contribution in [1.82, 2.24) is 4.98 Å². The lowest BCUT2D eigenvalue weighted by Gasteiger charge is -1.99. The first kappa shape index (κ1) is 7.82. The summed E-state index contributed by atoms with van der Waals surface area (Å²) in [5.41, 5.74) is 7.19. The third kappa shape index (κ3) is 1.61. The van der Waals surface area contributed by atoms with E-state index in [4.69, 9.17) is 17.3 Å². The molecule has 0 spiro atoms. The molecule has 0 saturated carbocycles. The van der Waals surface area contributed by atoms with Crippen molar-refractivity contribution in [1.29, 1.82) is 0 Å². The average Bonchev–Trinajstić information content (AvgIpc) is 1.94. The minimum absolute atomic E-state index is 0.476. The number of hydrogen-bond acceptors (Lipinski definition) is 2. The Bertz CT molecular complexity index is 239. The van der Waals surface area contributed by atoms with Crippen molar-refractivity contribution >= 4 is 33.2 Å². The third-order valence-electron chi connectivity index (χ3n) is 1.14. The maximum Gasteiger partial charge on any atom is 0.129 e. The molecule has 0 aliphatic heterocycles. The highest BCUT2D eigenvalue weighted by atomic mass is 79.9. The molecule has 1 aromatic rings. The molecule has 0 aliphatic carbocycles. The zero-order valence-electron chi connectivity index (χ0n) is 5.14. The van der Waals surface area contributed by atoms with Gasteiger partial charge in [-0.3, -0.25) is 0 Å². The molecule has 4 heteroatoms. The number of pyridine rings is 1. The number of rotatable bonds is 1. The number of aromatic nitrogens is 1. The van der Waals surface area contributed by atoms with E-state index in [-0.39, 0.29) is 0 Å². The van der Waals surface area contributed by atoms with Crippen molar-refractivity contribution in [2.75, 3.05) is 5.73 Å². The van der Waals surface area contributed by atoms with Crippen LogP contribution in [0.15, 0.2) is 12.3 Å². The zero-order chi connectivity index (χ0) is 7.56. The van der Waals surface area contributed by atoms with Crippen molar-refractivity contribution in [3.63, 3.8) is 0 Å². The van der Waals surface area contributed by atoms with E-state index in [1.54, 1.807) is 12.3 Å². The van der Waals surface area contributed by atoms with E-state index in [0.717, 1.165) is 5.56 Å². The maximum absolute atomic E-state index is 5.61. The van der Waals surface area contributed by atoms with Gasteiger partial charge >= 0.3 is 0 Å². The van der Waals surface area contributed by atoms with E-state index < -0.39 is 0 Å². The first-order valence-electron chi connectivity index (χ1n) is 2.70. The van der Waals surface area contributed by atoms with Crippen molar-refractivity contribution in [3.05, 3.63) is 23.0 Å². The summed E-state index contributed by atoms with van der Waals surface area (Å²) < 4.78 is 0. The zero-order valence-corrected chi connectivity index (χ0v) is 7.48. The molecule has 0 radical (unpaired) electrons. The largest absolute Gasteiger partial charge is 0.397 e. The molecule has 2 nitrogen and oxygen atoms in total. The van der Waals surface area contributed by atoms with Gasteiger partial charge in [0.05, 0.1) is 11.9 Å². The predicted octanol–water partition coefficient (Wildman–Crippen LogP) is 2.21. The fourth-order valence-electron chi connectivity index (χ4n) is 0.594. The molecule has 0 unspecified atom stereocenters. The molecule has 10 heavy (non-hydrogen) atoms. The second-order valence-corrected chi connectivity index (χ2v) is 2.79. The molecule has 2 N–H and O–H groups in total. The van der Waals surface area contributed by atoms with E-state index in [2.05, 4.69) is 20.9 Å². The molecule has 0 saturated heterocycles. The summed E-state index contributed by atoms with van der Waals surface area (Å²) in [6.45, 7) is 0. The van der Waals surface area contributed by atoms with Gasteiger partial charge in [-0.25, -0.2) is 4.98 Å². The van der Waals surface area contributed by atoms with Crippen molar-refractivity contribution in [2.24, 2.45) is 0 Å². The topological polar surface area (TPSA) is 38.9 Å². The molecular weight excluding hydrogens is 215 g/mol. The number of anilines is 1. The van der Waals surface area contributed by atoms with Crippen LogP contribution in [0.2, 0.25) is 5.15 Å². The van der Waals surface area contributed by atoms with Gasteiger partial charge in [-0.15, -0.1) is 0 Å². The van der Waals surface area contributed by atoms with Gasteiger partial charge in [0.15, 0.2) is 0 Å². The highest BCUT2D eigenvalue weighted by Gasteiger charge is 1.97. The van der Waals surface area contributed by atoms with Crippen molar-refractivity contribution < 1.29 is 0 Å². The van der Waals surface area contributed by atoms with Crippen LogP contribution in [0, 0.1) is 0 Å². The number of hydrogen-bond donors (Lipinski definition) is 1. The molecule has 0 fully saturated rings.